The van der Waals surface area contributed by atoms with Crippen LogP contribution in [0.1, 0.15) is 11.1 Å². The second kappa shape index (κ2) is 8.95. The minimum atomic E-state index is 0.832. The maximum Gasteiger partial charge on any atom is 0.0894 e. The topological polar surface area (TPSA) is 45.2 Å². The molecule has 28 heavy (non-hydrogen) atoms. The van der Waals surface area contributed by atoms with E-state index in [4.69, 9.17) is 4.98 Å². The van der Waals surface area contributed by atoms with E-state index in [1.165, 1.54) is 0 Å². The van der Waals surface area contributed by atoms with Crippen LogP contribution in [-0.4, -0.2) is 52.9 Å². The molecule has 3 aromatic rings. The van der Waals surface area contributed by atoms with E-state index in [2.05, 4.69) is 9.97 Å². The molecule has 3 aromatic heterocycles. The molecular formula is C23H25N5. The lowest BCUT2D eigenvalue weighted by atomic mass is 10.1. The van der Waals surface area contributed by atoms with Gasteiger partial charge in [-0.15, -0.1) is 0 Å². The summed E-state index contributed by atoms with van der Waals surface area (Å²) in [5, 5.41) is 0. The molecule has 0 aliphatic heterocycles. The lowest BCUT2D eigenvalue weighted by Gasteiger charge is -2.06. The molecule has 0 aliphatic rings. The Bertz CT molecular complexity index is 878. The van der Waals surface area contributed by atoms with Crippen LogP contribution in [0.3, 0.4) is 0 Å². The summed E-state index contributed by atoms with van der Waals surface area (Å²) in [4.78, 5) is 17.8. The Balaban J connectivity index is 1.80. The fourth-order valence-electron chi connectivity index (χ4n) is 2.50. The molecular weight excluding hydrogens is 346 g/mol. The highest BCUT2D eigenvalue weighted by Crippen LogP contribution is 2.21. The van der Waals surface area contributed by atoms with E-state index in [9.17, 15) is 0 Å². The first-order chi connectivity index (χ1) is 13.5. The minimum Gasteiger partial charge on any atom is -0.383 e. The zero-order valence-electron chi connectivity index (χ0n) is 16.7. The molecule has 5 nitrogen and oxygen atoms in total. The van der Waals surface area contributed by atoms with Crippen molar-refractivity contribution >= 4 is 12.2 Å². The van der Waals surface area contributed by atoms with Crippen LogP contribution >= 0.6 is 0 Å². The van der Waals surface area contributed by atoms with E-state index in [-0.39, 0.29) is 0 Å². The van der Waals surface area contributed by atoms with Gasteiger partial charge in [-0.2, -0.15) is 0 Å². The van der Waals surface area contributed by atoms with Gasteiger partial charge in [-0.25, -0.2) is 4.98 Å². The Morgan fingerprint density at radius 2 is 1.07 bits per heavy atom. The molecule has 0 aromatic carbocycles. The van der Waals surface area contributed by atoms with E-state index in [1.54, 1.807) is 0 Å². The number of hydrogen-bond acceptors (Lipinski definition) is 5. The van der Waals surface area contributed by atoms with Gasteiger partial charge in [0.1, 0.15) is 0 Å². The van der Waals surface area contributed by atoms with Crippen molar-refractivity contribution in [3.05, 3.63) is 78.4 Å². The van der Waals surface area contributed by atoms with Crippen molar-refractivity contribution in [2.75, 3.05) is 28.2 Å². The van der Waals surface area contributed by atoms with E-state index in [1.807, 2.05) is 117 Å². The van der Waals surface area contributed by atoms with Gasteiger partial charge in [0.15, 0.2) is 0 Å². The molecule has 0 saturated heterocycles. The first-order valence-corrected chi connectivity index (χ1v) is 9.10. The van der Waals surface area contributed by atoms with Crippen molar-refractivity contribution in [2.24, 2.45) is 0 Å². The average molecular weight is 371 g/mol. The summed E-state index contributed by atoms with van der Waals surface area (Å²) < 4.78 is 0. The van der Waals surface area contributed by atoms with Crippen LogP contribution in [-0.2, 0) is 0 Å². The first-order valence-electron chi connectivity index (χ1n) is 9.10. The van der Waals surface area contributed by atoms with Crippen LogP contribution in [0.2, 0.25) is 0 Å². The van der Waals surface area contributed by atoms with E-state index >= 15 is 0 Å². The summed E-state index contributed by atoms with van der Waals surface area (Å²) >= 11 is 0. The summed E-state index contributed by atoms with van der Waals surface area (Å²) in [5.41, 5.74) is 5.45. The summed E-state index contributed by atoms with van der Waals surface area (Å²) in [7, 11) is 7.97. The van der Waals surface area contributed by atoms with Gasteiger partial charge >= 0.3 is 0 Å². The third-order valence-corrected chi connectivity index (χ3v) is 3.98. The molecule has 0 aliphatic carbocycles. The summed E-state index contributed by atoms with van der Waals surface area (Å²) in [6, 6.07) is 14.0. The van der Waals surface area contributed by atoms with Crippen LogP contribution in [0.5, 0.6) is 0 Å². The van der Waals surface area contributed by atoms with Crippen LogP contribution in [0.4, 0.5) is 0 Å². The molecule has 5 heteroatoms. The van der Waals surface area contributed by atoms with E-state index < -0.39 is 0 Å². The molecule has 3 heterocycles. The smallest absolute Gasteiger partial charge is 0.0894 e. The number of pyridine rings is 3. The van der Waals surface area contributed by atoms with E-state index in [0.717, 1.165) is 33.9 Å². The maximum absolute atomic E-state index is 4.74. The van der Waals surface area contributed by atoms with Gasteiger partial charge in [-0.3, -0.25) is 9.97 Å². The van der Waals surface area contributed by atoms with Gasteiger partial charge in [0, 0.05) is 40.6 Å². The molecule has 0 bridgehead atoms. The third kappa shape index (κ3) is 5.27. The Hall–Kier alpha value is -3.47. The zero-order chi connectivity index (χ0) is 19.9. The molecule has 0 atom stereocenters. The van der Waals surface area contributed by atoms with Crippen molar-refractivity contribution in [3.63, 3.8) is 0 Å². The average Bonchev–Trinajstić information content (AvgIpc) is 2.71. The lowest BCUT2D eigenvalue weighted by Crippen LogP contribution is -1.99. The zero-order valence-corrected chi connectivity index (χ0v) is 16.7. The Kier molecular flexibility index (Phi) is 6.17. The standard InChI is InChI=1S/C23H25N5/c1-27(2)14-12-18-8-10-20(24-16-18)22-6-5-7-23(26-22)21-11-9-19(17-25-21)13-15-28(3)4/h5-17H,1-4H3/b14-12+,15-13+. The highest BCUT2D eigenvalue weighted by Gasteiger charge is 2.05. The van der Waals surface area contributed by atoms with Crippen LogP contribution in [0.15, 0.2) is 67.3 Å². The second-order valence-electron chi connectivity index (χ2n) is 6.92. The molecule has 0 amide bonds. The maximum atomic E-state index is 4.74. The summed E-state index contributed by atoms with van der Waals surface area (Å²) in [5.74, 6) is 0. The molecule has 0 unspecified atom stereocenters. The third-order valence-electron chi connectivity index (χ3n) is 3.98. The number of hydrogen-bond donors (Lipinski definition) is 0. The van der Waals surface area contributed by atoms with Crippen molar-refractivity contribution in [2.45, 2.75) is 0 Å². The Morgan fingerprint density at radius 3 is 1.43 bits per heavy atom. The monoisotopic (exact) mass is 371 g/mol. The number of aromatic nitrogens is 3. The molecule has 3 rings (SSSR count). The molecule has 0 fully saturated rings. The quantitative estimate of drug-likeness (QED) is 0.647. The van der Waals surface area contributed by atoms with Crippen LogP contribution in [0, 0.1) is 0 Å². The number of nitrogens with zero attached hydrogens (tertiary/aromatic N) is 5. The van der Waals surface area contributed by atoms with Gasteiger partial charge in [-0.05, 0) is 59.9 Å². The Labute approximate surface area is 166 Å². The molecule has 0 N–H and O–H groups in total. The van der Waals surface area contributed by atoms with Crippen LogP contribution < -0.4 is 0 Å². The van der Waals surface area contributed by atoms with Gasteiger partial charge in [0.05, 0.1) is 22.8 Å². The summed E-state index contributed by atoms with van der Waals surface area (Å²) in [6.45, 7) is 0. The fraction of sp³-hybridized carbons (Fsp3) is 0.174. The van der Waals surface area contributed by atoms with Crippen molar-refractivity contribution in [3.8, 4) is 22.8 Å². The molecule has 142 valence electrons. The SMILES string of the molecule is CN(C)/C=C/c1ccc(-c2cccc(-c3ccc(/C=C/N(C)C)cn3)n2)nc1. The van der Waals surface area contributed by atoms with Crippen molar-refractivity contribution in [1.29, 1.82) is 0 Å². The Morgan fingerprint density at radius 1 is 0.607 bits per heavy atom. The molecule has 0 spiro atoms. The van der Waals surface area contributed by atoms with Gasteiger partial charge in [0.2, 0.25) is 0 Å². The largest absolute Gasteiger partial charge is 0.383 e. The van der Waals surface area contributed by atoms with Crippen LogP contribution in [0.25, 0.3) is 34.9 Å². The minimum absolute atomic E-state index is 0.832. The predicted molar refractivity (Wildman–Crippen MR) is 116 cm³/mol. The summed E-state index contributed by atoms with van der Waals surface area (Å²) in [6.07, 6.45) is 11.8. The van der Waals surface area contributed by atoms with Gasteiger partial charge < -0.3 is 9.80 Å². The lowest BCUT2D eigenvalue weighted by molar-refractivity contribution is 0.567. The van der Waals surface area contributed by atoms with Crippen molar-refractivity contribution < 1.29 is 0 Å². The fourth-order valence-corrected chi connectivity index (χ4v) is 2.50. The number of rotatable bonds is 6. The first kappa shape index (κ1) is 19.3. The van der Waals surface area contributed by atoms with Crippen molar-refractivity contribution in [1.82, 2.24) is 24.8 Å². The van der Waals surface area contributed by atoms with Gasteiger partial charge in [0.25, 0.3) is 0 Å². The normalized spacial score (nSPS) is 11.3. The molecule has 0 radical (unpaired) electrons. The van der Waals surface area contributed by atoms with Gasteiger partial charge in [-0.1, -0.05) is 18.2 Å². The highest BCUT2D eigenvalue weighted by atomic mass is 15.0. The predicted octanol–water partition coefficient (Wildman–Crippen LogP) is 4.27. The highest BCUT2D eigenvalue weighted by molar-refractivity contribution is 5.63. The second-order valence-corrected chi connectivity index (χ2v) is 6.92. The van der Waals surface area contributed by atoms with E-state index in [0.29, 0.717) is 0 Å². The molecule has 0 saturated carbocycles.